The fraction of sp³-hybridized carbons (Fsp3) is 0.638. The van der Waals surface area contributed by atoms with E-state index in [4.69, 9.17) is 61.6 Å². The van der Waals surface area contributed by atoms with E-state index in [0.29, 0.717) is 11.1 Å². The average Bonchev–Trinajstić information content (AvgIpc) is 3.89. The topological polar surface area (TPSA) is 469 Å². The first-order valence-corrected chi connectivity index (χ1v) is 25.0. The van der Waals surface area contributed by atoms with Gasteiger partial charge >= 0.3 is 29.8 Å². The lowest BCUT2D eigenvalue weighted by Crippen LogP contribution is -2.68. The zero-order valence-corrected chi connectivity index (χ0v) is 44.2. The van der Waals surface area contributed by atoms with Gasteiger partial charge in [-0.1, -0.05) is 86.2 Å². The van der Waals surface area contributed by atoms with Crippen molar-refractivity contribution in [2.75, 3.05) is 19.7 Å². The van der Waals surface area contributed by atoms with E-state index in [1.165, 1.54) is 0 Å². The van der Waals surface area contributed by atoms with Gasteiger partial charge in [-0.05, 0) is 38.8 Å². The summed E-state index contributed by atoms with van der Waals surface area (Å²) in [5, 5.41) is 30.2. The molecule has 0 aromatic heterocycles. The normalized spacial score (nSPS) is 32.9. The van der Waals surface area contributed by atoms with Crippen molar-refractivity contribution < 1.29 is 95.0 Å². The van der Waals surface area contributed by atoms with Crippen molar-refractivity contribution in [1.82, 2.24) is 0 Å². The monoisotopic (exact) mass is 1150 g/mol. The Morgan fingerprint density at radius 2 is 0.902 bits per heavy atom. The molecule has 440 valence electrons. The number of nitrogens with zero attached hydrogens (tertiary/aromatic N) is 15. The van der Waals surface area contributed by atoms with Crippen LogP contribution in [0.25, 0.3) is 52.2 Å². The zero-order chi connectivity index (χ0) is 59.5. The number of azide groups is 5. The second-order valence-corrected chi connectivity index (χ2v) is 18.4. The number of hydrogen-bond acceptors (Lipinski definition) is 24. The molecule has 20 atom stereocenters. The van der Waals surface area contributed by atoms with Gasteiger partial charge in [0.1, 0.15) is 67.5 Å². The van der Waals surface area contributed by atoms with Crippen LogP contribution in [0.1, 0.15) is 45.7 Å². The number of carbonyl (C=O) groups is 5. The third-order valence-electron chi connectivity index (χ3n) is 12.8. The fourth-order valence-electron chi connectivity index (χ4n) is 9.53. The van der Waals surface area contributed by atoms with E-state index in [9.17, 15) is 56.7 Å². The van der Waals surface area contributed by atoms with Gasteiger partial charge in [0.2, 0.25) is 0 Å². The summed E-state index contributed by atoms with van der Waals surface area (Å²) in [7, 11) is 0. The van der Waals surface area contributed by atoms with Crippen LogP contribution in [-0.4, -0.2) is 177 Å². The Bertz CT molecular complexity index is 2790. The van der Waals surface area contributed by atoms with Crippen LogP contribution < -0.4 is 0 Å². The molecule has 3 saturated heterocycles. The van der Waals surface area contributed by atoms with Crippen molar-refractivity contribution in [3.63, 3.8) is 0 Å². The van der Waals surface area contributed by atoms with Gasteiger partial charge in [0.05, 0.1) is 44.6 Å². The molecule has 6 rings (SSSR count). The maximum Gasteiger partial charge on any atom is 0.303 e. The third kappa shape index (κ3) is 16.5. The highest BCUT2D eigenvalue weighted by molar-refractivity contribution is 5.68. The van der Waals surface area contributed by atoms with Crippen LogP contribution in [0, 0.1) is 0 Å². The van der Waals surface area contributed by atoms with Crippen molar-refractivity contribution in [2.24, 2.45) is 25.6 Å². The maximum absolute atomic E-state index is 17.6. The Kier molecular flexibility index (Phi) is 23.6. The number of aliphatic hydroxyl groups excluding tert-OH is 1. The fourth-order valence-corrected chi connectivity index (χ4v) is 9.53. The molecule has 3 aliphatic heterocycles. The van der Waals surface area contributed by atoms with Gasteiger partial charge < -0.3 is 66.7 Å². The lowest BCUT2D eigenvalue weighted by molar-refractivity contribution is -0.338. The first-order chi connectivity index (χ1) is 39.4. The van der Waals surface area contributed by atoms with Crippen LogP contribution in [0.4, 0.5) is 4.39 Å². The van der Waals surface area contributed by atoms with Crippen LogP contribution in [0.5, 0.6) is 0 Å². The van der Waals surface area contributed by atoms with Crippen LogP contribution in [0.2, 0.25) is 0 Å². The molecule has 0 radical (unpaired) electrons. The lowest BCUT2D eigenvalue weighted by Gasteiger charge is -2.49. The molecule has 82 heavy (non-hydrogen) atoms. The van der Waals surface area contributed by atoms with Crippen molar-refractivity contribution in [3.8, 4) is 0 Å². The van der Waals surface area contributed by atoms with Gasteiger partial charge in [-0.15, -0.1) is 0 Å². The number of benzene rings is 2. The molecule has 3 unspecified atom stereocenters. The largest absolute Gasteiger partial charge is 0.463 e. The second-order valence-electron chi connectivity index (χ2n) is 18.4. The van der Waals surface area contributed by atoms with Gasteiger partial charge in [0, 0.05) is 59.2 Å². The number of ether oxygens (including phenoxy) is 13. The lowest BCUT2D eigenvalue weighted by atomic mass is 9.81. The van der Waals surface area contributed by atoms with E-state index in [0.717, 1.165) is 34.6 Å². The van der Waals surface area contributed by atoms with Gasteiger partial charge in [0.25, 0.3) is 0 Å². The van der Waals surface area contributed by atoms with Crippen LogP contribution in [0.3, 0.4) is 0 Å². The number of esters is 5. The minimum atomic E-state index is -2.21. The molecule has 0 bridgehead atoms. The Morgan fingerprint density at radius 1 is 0.488 bits per heavy atom. The maximum atomic E-state index is 17.6. The molecule has 0 spiro atoms. The number of rotatable bonds is 25. The second kappa shape index (κ2) is 30.6. The highest BCUT2D eigenvalue weighted by atomic mass is 19.1. The van der Waals surface area contributed by atoms with Crippen molar-refractivity contribution in [1.29, 1.82) is 0 Å². The summed E-state index contributed by atoms with van der Waals surface area (Å²) in [4.78, 5) is 77.6. The summed E-state index contributed by atoms with van der Waals surface area (Å²) in [5.41, 5.74) is 49.5. The Hall–Kier alpha value is -8.09. The third-order valence-corrected chi connectivity index (χ3v) is 12.8. The summed E-state index contributed by atoms with van der Waals surface area (Å²) >= 11 is 0. The van der Waals surface area contributed by atoms with E-state index >= 15 is 4.39 Å². The number of aliphatic hydroxyl groups is 1. The van der Waals surface area contributed by atoms with E-state index < -0.39 is 172 Å². The van der Waals surface area contributed by atoms with Crippen molar-refractivity contribution in [3.05, 3.63) is 124 Å². The molecule has 3 heterocycles. The average molecular weight is 1150 g/mol. The minimum Gasteiger partial charge on any atom is -0.463 e. The Labute approximate surface area is 463 Å². The number of hydrogen-bond donors (Lipinski definition) is 1. The number of halogens is 1. The van der Waals surface area contributed by atoms with Crippen LogP contribution >= 0.6 is 0 Å². The molecule has 4 fully saturated rings. The summed E-state index contributed by atoms with van der Waals surface area (Å²) in [5.74, 6) is -4.99. The molecule has 0 amide bonds. The van der Waals surface area contributed by atoms with Gasteiger partial charge in [-0.3, -0.25) is 24.0 Å². The van der Waals surface area contributed by atoms with Crippen LogP contribution in [-0.2, 0) is 98.8 Å². The summed E-state index contributed by atoms with van der Waals surface area (Å²) < 4.78 is 95.8. The zero-order valence-electron chi connectivity index (χ0n) is 44.2. The molecular formula is C47H56FN15O19. The summed E-state index contributed by atoms with van der Waals surface area (Å²) in [6, 6.07) is 11.4. The van der Waals surface area contributed by atoms with E-state index in [-0.39, 0.29) is 13.2 Å². The molecule has 4 aliphatic rings. The molecule has 34 nitrogen and oxygen atoms in total. The molecule has 1 aliphatic carbocycles. The molecule has 1 N–H and O–H groups in total. The number of carbonyl (C=O) groups excluding carboxylic acids is 5. The van der Waals surface area contributed by atoms with Crippen molar-refractivity contribution >= 4 is 29.8 Å². The van der Waals surface area contributed by atoms with Crippen LogP contribution in [0.15, 0.2) is 86.2 Å². The SMILES string of the molecule is CC(=O)OC[C@H]1O[C@@H](O[C@H]2[C@H](O[C@H]3O[C@H](CN=[N+]=[N-])[C@@H](OCc4ccccc4)[C@H](F)[C@H]3OCc3ccccc3)C(N=[N+]=[N-])[C@H](O)C(N=[N+]=[N-])[C@@H]2OC(C)=O)[C@H](OC(C)=O)[C@@H]1O[C@H]1O[C@@H](CN=[N+]=[N-])[C@@H](OC(C)=O)[C@H](OC(C)=O)C1N=[N+]=[N-]. The van der Waals surface area contributed by atoms with Gasteiger partial charge in [0.15, 0.2) is 43.4 Å². The van der Waals surface area contributed by atoms with Crippen molar-refractivity contribution in [2.45, 2.75) is 170 Å². The summed E-state index contributed by atoms with van der Waals surface area (Å²) in [6.07, 6.45) is -31.7. The van der Waals surface area contributed by atoms with E-state index in [1.807, 2.05) is 0 Å². The first-order valence-electron chi connectivity index (χ1n) is 25.0. The molecule has 2 aromatic rings. The standard InChI is InChI=1S/C47H56FN15O19/c1-21(64)70-20-30-38(80-45-34(58-63-53)42(75-24(4)67)37(73-22(2)65)29(77-45)17-55-60-50)44(76-25(5)68)47(79-30)82-43-40(74-23(3)66)32(56-61-51)35(69)33(57-62-52)41(43)81-46-39(72-19-27-14-10-7-11-15-27)31(48)36(28(78-46)16-54-59-49)71-18-26-12-8-6-9-13-26/h6-15,28-47,69H,16-20H2,1-5H3/t28-,29+,30-,31+,32?,33?,34?,35-,36-,37-,38-,39-,40+,41-,42-,43-,44-,45-,46-,47+/m1/s1. The molecule has 1 saturated carbocycles. The molecule has 2 aromatic carbocycles. The highest BCUT2D eigenvalue weighted by Gasteiger charge is 2.61. The highest BCUT2D eigenvalue weighted by Crippen LogP contribution is 2.41. The van der Waals surface area contributed by atoms with Gasteiger partial charge in [-0.25, -0.2) is 4.39 Å². The number of alkyl halides is 1. The predicted molar refractivity (Wildman–Crippen MR) is 267 cm³/mol. The quantitative estimate of drug-likeness (QED) is 0.0441. The Balaban J connectivity index is 1.48. The molecule has 35 heteroatoms. The summed E-state index contributed by atoms with van der Waals surface area (Å²) in [6.45, 7) is 2.43. The first kappa shape index (κ1) is 63.1. The van der Waals surface area contributed by atoms with E-state index in [2.05, 4.69) is 50.1 Å². The molecular weight excluding hydrogens is 1100 g/mol. The smallest absolute Gasteiger partial charge is 0.303 e. The van der Waals surface area contributed by atoms with E-state index in [1.54, 1.807) is 60.7 Å². The Morgan fingerprint density at radius 3 is 1.41 bits per heavy atom. The predicted octanol–water partition coefficient (Wildman–Crippen LogP) is 5.15. The minimum absolute atomic E-state index is 0.168. The van der Waals surface area contributed by atoms with Gasteiger partial charge in [-0.2, -0.15) is 0 Å².